The van der Waals surface area contributed by atoms with E-state index in [0.717, 1.165) is 22.4 Å². The Morgan fingerprint density at radius 2 is 1.85 bits per heavy atom. The van der Waals surface area contributed by atoms with Crippen LogP contribution in [0.1, 0.15) is 29.0 Å². The quantitative estimate of drug-likeness (QED) is 0.114. The van der Waals surface area contributed by atoms with E-state index >= 15 is 0 Å². The summed E-state index contributed by atoms with van der Waals surface area (Å²) in [6, 6.07) is 23.0. The van der Waals surface area contributed by atoms with Gasteiger partial charge < -0.3 is 10.2 Å². The summed E-state index contributed by atoms with van der Waals surface area (Å²) in [5.74, 6) is 5.73. The Kier molecular flexibility index (Phi) is 8.81. The molecule has 1 unspecified atom stereocenters. The summed E-state index contributed by atoms with van der Waals surface area (Å²) in [5, 5.41) is 19.0. The van der Waals surface area contributed by atoms with E-state index in [0.29, 0.717) is 11.6 Å². The zero-order valence-corrected chi connectivity index (χ0v) is 22.4. The fourth-order valence-corrected chi connectivity index (χ4v) is 5.02. The lowest BCUT2D eigenvalue weighted by atomic mass is 9.90. The number of nitrogens with zero attached hydrogens (tertiary/aromatic N) is 4. The van der Waals surface area contributed by atoms with Crippen molar-refractivity contribution in [1.29, 1.82) is 0 Å². The van der Waals surface area contributed by atoms with Crippen molar-refractivity contribution in [2.45, 2.75) is 17.2 Å². The van der Waals surface area contributed by atoms with E-state index < -0.39 is 15.1 Å². The number of sulfonamides is 1. The lowest BCUT2D eigenvalue weighted by Crippen LogP contribution is -2.36. The number of hydrogen-bond donors (Lipinski definition) is 1. The predicted molar refractivity (Wildman–Crippen MR) is 148 cm³/mol. The lowest BCUT2D eigenvalue weighted by molar-refractivity contribution is -0.757. The van der Waals surface area contributed by atoms with E-state index in [2.05, 4.69) is 26.4 Å². The maximum absolute atomic E-state index is 13.0. The third-order valence-electron chi connectivity index (χ3n) is 5.74. The van der Waals surface area contributed by atoms with Crippen LogP contribution in [0, 0.1) is 22.0 Å². The van der Waals surface area contributed by atoms with Crippen LogP contribution in [0.4, 0.5) is 0 Å². The van der Waals surface area contributed by atoms with Crippen LogP contribution in [0.25, 0.3) is 0 Å². The number of rotatable bonds is 7. The summed E-state index contributed by atoms with van der Waals surface area (Å²) >= 11 is 5.90. The molecule has 0 fully saturated rings. The molecule has 10 nitrogen and oxygen atoms in total. The van der Waals surface area contributed by atoms with Crippen LogP contribution in [-0.4, -0.2) is 50.4 Å². The maximum atomic E-state index is 13.0. The highest BCUT2D eigenvalue weighted by atomic mass is 35.5. The lowest BCUT2D eigenvalue weighted by Gasteiger charge is -2.18. The van der Waals surface area contributed by atoms with Crippen molar-refractivity contribution in [1.82, 2.24) is 10.3 Å². The van der Waals surface area contributed by atoms with Gasteiger partial charge in [-0.05, 0) is 47.5 Å². The van der Waals surface area contributed by atoms with Gasteiger partial charge in [-0.1, -0.05) is 65.9 Å². The third kappa shape index (κ3) is 7.13. The Morgan fingerprint density at radius 3 is 2.49 bits per heavy atom. The van der Waals surface area contributed by atoms with Crippen LogP contribution < -0.4 is 5.32 Å². The molecule has 200 valence electrons. The van der Waals surface area contributed by atoms with Gasteiger partial charge in [-0.3, -0.25) is 0 Å². The van der Waals surface area contributed by atoms with Gasteiger partial charge in [0.2, 0.25) is 5.96 Å². The molecule has 0 saturated heterocycles. The molecule has 0 radical (unpaired) electrons. The number of halogens is 1. The van der Waals surface area contributed by atoms with Crippen LogP contribution >= 0.6 is 11.6 Å². The highest BCUT2D eigenvalue weighted by Gasteiger charge is 2.32. The number of benzene rings is 3. The van der Waals surface area contributed by atoms with Gasteiger partial charge in [0, 0.05) is 30.0 Å². The fourth-order valence-electron chi connectivity index (χ4n) is 3.90. The van der Waals surface area contributed by atoms with Crippen molar-refractivity contribution in [2.24, 2.45) is 9.50 Å². The summed E-state index contributed by atoms with van der Waals surface area (Å²) in [4.78, 5) is 14.5. The molecular weight excluding hydrogens is 542 g/mol. The topological polar surface area (TPSA) is 127 Å². The number of hydrazone groups is 1. The van der Waals surface area contributed by atoms with Crippen LogP contribution in [-0.2, 0) is 14.9 Å². The van der Waals surface area contributed by atoms with E-state index in [-0.39, 0.29) is 29.8 Å². The molecule has 12 heteroatoms. The summed E-state index contributed by atoms with van der Waals surface area (Å²) in [7, 11) is -2.43. The molecule has 0 spiro atoms. The standard InChI is InChI=1S/C27H24ClN5O5S/c1-29-27(31-39(36,37)24-16-14-23(28)15-17-24)32-19-25(21-8-3-2-4-9-21)26(30-32)22-12-10-20(11-13-22)7-5-6-18-38-33(34)35/h2-4,8-17,25H,6,18-19H2,1H3,(H,29,31). The zero-order valence-electron chi connectivity index (χ0n) is 20.8. The molecule has 0 amide bonds. The zero-order chi connectivity index (χ0) is 27.8. The smallest absolute Gasteiger partial charge is 0.294 e. The minimum absolute atomic E-state index is 0.0179. The van der Waals surface area contributed by atoms with Gasteiger partial charge in [0.1, 0.15) is 6.61 Å². The van der Waals surface area contributed by atoms with Crippen LogP contribution in [0.2, 0.25) is 5.02 Å². The van der Waals surface area contributed by atoms with Crippen molar-refractivity contribution in [3.63, 3.8) is 0 Å². The first-order valence-corrected chi connectivity index (χ1v) is 13.6. The third-order valence-corrected chi connectivity index (χ3v) is 7.27. The van der Waals surface area contributed by atoms with Crippen LogP contribution in [0.3, 0.4) is 0 Å². The largest absolute Gasteiger partial charge is 0.357 e. The molecule has 1 aliphatic rings. The highest BCUT2D eigenvalue weighted by Crippen LogP contribution is 2.29. The van der Waals surface area contributed by atoms with Crippen molar-refractivity contribution in [2.75, 3.05) is 20.2 Å². The minimum Gasteiger partial charge on any atom is -0.357 e. The number of hydrogen-bond acceptors (Lipinski definition) is 6. The highest BCUT2D eigenvalue weighted by molar-refractivity contribution is 7.90. The second-order valence-corrected chi connectivity index (χ2v) is 10.4. The van der Waals surface area contributed by atoms with Gasteiger partial charge in [0.05, 0.1) is 17.2 Å². The molecule has 0 saturated carbocycles. The Bertz CT molecular complexity index is 1550. The van der Waals surface area contributed by atoms with Crippen molar-refractivity contribution < 1.29 is 18.3 Å². The molecule has 3 aromatic carbocycles. The van der Waals surface area contributed by atoms with Gasteiger partial charge in [-0.25, -0.2) is 5.01 Å². The second-order valence-electron chi connectivity index (χ2n) is 8.31. The Labute approximate surface area is 231 Å². The maximum Gasteiger partial charge on any atom is 0.294 e. The van der Waals surface area contributed by atoms with E-state index in [4.69, 9.17) is 16.7 Å². The Balaban J connectivity index is 1.63. The summed E-state index contributed by atoms with van der Waals surface area (Å²) < 4.78 is 30.0. The molecule has 4 rings (SSSR count). The Morgan fingerprint density at radius 1 is 1.15 bits per heavy atom. The minimum atomic E-state index is -4.02. The van der Waals surface area contributed by atoms with Gasteiger partial charge in [-0.2, -0.15) is 13.5 Å². The van der Waals surface area contributed by atoms with Crippen LogP contribution in [0.15, 0.2) is 93.3 Å². The van der Waals surface area contributed by atoms with E-state index in [1.165, 1.54) is 24.3 Å². The van der Waals surface area contributed by atoms with Crippen molar-refractivity contribution in [3.8, 4) is 11.8 Å². The first kappa shape index (κ1) is 27.6. The second kappa shape index (κ2) is 12.4. The molecule has 0 bridgehead atoms. The molecule has 39 heavy (non-hydrogen) atoms. The van der Waals surface area contributed by atoms with Crippen molar-refractivity contribution >= 4 is 33.3 Å². The number of nitrogens with one attached hydrogen (secondary N) is 1. The summed E-state index contributed by atoms with van der Waals surface area (Å²) in [6.07, 6.45) is 0.228. The summed E-state index contributed by atoms with van der Waals surface area (Å²) in [6.45, 7) is 0.278. The average molecular weight is 566 g/mol. The van der Waals surface area contributed by atoms with Crippen molar-refractivity contribution in [3.05, 3.63) is 111 Å². The first-order chi connectivity index (χ1) is 18.8. The molecule has 1 aliphatic heterocycles. The number of guanidine groups is 1. The van der Waals surface area contributed by atoms with Gasteiger partial charge in [0.15, 0.2) is 0 Å². The fraction of sp³-hybridized carbons (Fsp3) is 0.185. The molecule has 1 atom stereocenters. The molecular formula is C27H24ClN5O5S. The SMILES string of the molecule is CNC(=NS(=O)(=O)c1ccc(Cl)cc1)N1CC(c2ccccc2)C(c2ccc(C#CCCO[N+](=O)[O-])cc2)=N1. The van der Waals surface area contributed by atoms with E-state index in [1.807, 2.05) is 54.6 Å². The Hall–Kier alpha value is -4.40. The monoisotopic (exact) mass is 565 g/mol. The van der Waals surface area contributed by atoms with Gasteiger partial charge in [0.25, 0.3) is 15.1 Å². The van der Waals surface area contributed by atoms with Gasteiger partial charge in [-0.15, -0.1) is 14.5 Å². The van der Waals surface area contributed by atoms with E-state index in [9.17, 15) is 18.5 Å². The first-order valence-electron chi connectivity index (χ1n) is 11.8. The van der Waals surface area contributed by atoms with Crippen LogP contribution in [0.5, 0.6) is 0 Å². The molecule has 1 heterocycles. The molecule has 0 aromatic heterocycles. The predicted octanol–water partition coefficient (Wildman–Crippen LogP) is 4.06. The normalized spacial score (nSPS) is 15.2. The molecule has 0 aliphatic carbocycles. The molecule has 3 aromatic rings. The summed E-state index contributed by atoms with van der Waals surface area (Å²) in [5.41, 5.74) is 3.33. The van der Waals surface area contributed by atoms with E-state index in [1.54, 1.807) is 12.1 Å². The average Bonchev–Trinajstić information content (AvgIpc) is 3.38. The van der Waals surface area contributed by atoms with Gasteiger partial charge >= 0.3 is 0 Å². The molecule has 1 N–H and O–H groups in total.